The minimum absolute atomic E-state index is 0.245. The zero-order chi connectivity index (χ0) is 14.1. The fourth-order valence-corrected chi connectivity index (χ4v) is 1.36. The van der Waals surface area contributed by atoms with Gasteiger partial charge in [0.2, 0.25) is 0 Å². The molecule has 0 fully saturated rings. The first-order valence-corrected chi connectivity index (χ1v) is 6.21. The Hall–Kier alpha value is -2.11. The van der Waals surface area contributed by atoms with Crippen molar-refractivity contribution in [2.24, 2.45) is 10.7 Å². The van der Waals surface area contributed by atoms with Gasteiger partial charge < -0.3 is 16.4 Å². The summed E-state index contributed by atoms with van der Waals surface area (Å²) in [5.41, 5.74) is 6.01. The third kappa shape index (κ3) is 5.85. The van der Waals surface area contributed by atoms with E-state index in [1.165, 1.54) is 24.3 Å². The molecule has 0 unspecified atom stereocenters. The standard InChI is InChI=1S/C13H19FN4O/c1-2-7-17-13(15)18-9-8-16-12(19)10-3-5-11(14)6-4-10/h3-6H,2,7-9H2,1H3,(H,16,19)(H3,15,17,18). The van der Waals surface area contributed by atoms with Crippen molar-refractivity contribution >= 4 is 11.9 Å². The van der Waals surface area contributed by atoms with Crippen LogP contribution < -0.4 is 16.4 Å². The van der Waals surface area contributed by atoms with Gasteiger partial charge in [-0.3, -0.25) is 9.79 Å². The number of aliphatic imine (C=N–C) groups is 1. The molecule has 0 aromatic heterocycles. The van der Waals surface area contributed by atoms with Crippen molar-refractivity contribution in [2.45, 2.75) is 13.3 Å². The van der Waals surface area contributed by atoms with E-state index in [0.717, 1.165) is 6.42 Å². The molecule has 0 spiro atoms. The highest BCUT2D eigenvalue weighted by Crippen LogP contribution is 2.01. The number of guanidine groups is 1. The van der Waals surface area contributed by atoms with Crippen molar-refractivity contribution in [3.63, 3.8) is 0 Å². The summed E-state index contributed by atoms with van der Waals surface area (Å²) in [6.07, 6.45) is 0.934. The lowest BCUT2D eigenvalue weighted by Crippen LogP contribution is -2.38. The van der Waals surface area contributed by atoms with Crippen molar-refractivity contribution < 1.29 is 9.18 Å². The molecule has 0 aliphatic rings. The second-order valence-corrected chi connectivity index (χ2v) is 3.96. The van der Waals surface area contributed by atoms with E-state index in [9.17, 15) is 9.18 Å². The Morgan fingerprint density at radius 1 is 1.26 bits per heavy atom. The van der Waals surface area contributed by atoms with Crippen LogP contribution >= 0.6 is 0 Å². The summed E-state index contributed by atoms with van der Waals surface area (Å²) in [5, 5.41) is 5.58. The number of nitrogens with two attached hydrogens (primary N) is 1. The number of nitrogens with one attached hydrogen (secondary N) is 2. The maximum Gasteiger partial charge on any atom is 0.251 e. The summed E-state index contributed by atoms with van der Waals surface area (Å²) in [4.78, 5) is 15.7. The molecule has 0 aliphatic heterocycles. The molecule has 1 rings (SSSR count). The first-order valence-electron chi connectivity index (χ1n) is 6.21. The predicted molar refractivity (Wildman–Crippen MR) is 73.5 cm³/mol. The van der Waals surface area contributed by atoms with Gasteiger partial charge in [0.25, 0.3) is 5.91 Å². The first kappa shape index (κ1) is 14.9. The molecule has 0 saturated heterocycles. The number of amides is 1. The van der Waals surface area contributed by atoms with Gasteiger partial charge in [-0.05, 0) is 30.7 Å². The Balaban J connectivity index is 2.26. The van der Waals surface area contributed by atoms with E-state index in [2.05, 4.69) is 15.6 Å². The average molecular weight is 266 g/mol. The molecule has 0 saturated carbocycles. The van der Waals surface area contributed by atoms with E-state index in [0.29, 0.717) is 31.2 Å². The highest BCUT2D eigenvalue weighted by atomic mass is 19.1. The molecule has 104 valence electrons. The average Bonchev–Trinajstić information content (AvgIpc) is 2.41. The van der Waals surface area contributed by atoms with Crippen molar-refractivity contribution in [3.8, 4) is 0 Å². The largest absolute Gasteiger partial charge is 0.370 e. The third-order valence-corrected chi connectivity index (χ3v) is 2.33. The highest BCUT2D eigenvalue weighted by Gasteiger charge is 2.04. The number of benzene rings is 1. The molecule has 0 bridgehead atoms. The lowest BCUT2D eigenvalue weighted by molar-refractivity contribution is 0.0954. The second kappa shape index (κ2) is 8.07. The number of hydrogen-bond acceptors (Lipinski definition) is 2. The number of hydrogen-bond donors (Lipinski definition) is 3. The molecule has 1 aromatic rings. The predicted octanol–water partition coefficient (Wildman–Crippen LogP) is 0.870. The van der Waals surface area contributed by atoms with E-state index in [-0.39, 0.29) is 11.7 Å². The van der Waals surface area contributed by atoms with Gasteiger partial charge in [-0.25, -0.2) is 4.39 Å². The minimum atomic E-state index is -0.363. The molecule has 19 heavy (non-hydrogen) atoms. The highest BCUT2D eigenvalue weighted by molar-refractivity contribution is 5.94. The Kier molecular flexibility index (Phi) is 6.35. The molecular weight excluding hydrogens is 247 g/mol. The summed E-state index contributed by atoms with van der Waals surface area (Å²) in [6, 6.07) is 5.38. The van der Waals surface area contributed by atoms with E-state index in [1.807, 2.05) is 6.92 Å². The van der Waals surface area contributed by atoms with Crippen LogP contribution in [0.15, 0.2) is 29.3 Å². The van der Waals surface area contributed by atoms with Crippen LogP contribution in [0.2, 0.25) is 0 Å². The maximum atomic E-state index is 12.7. The smallest absolute Gasteiger partial charge is 0.251 e. The summed E-state index contributed by atoms with van der Waals surface area (Å²) >= 11 is 0. The van der Waals surface area contributed by atoms with E-state index in [4.69, 9.17) is 5.73 Å². The molecule has 5 nitrogen and oxygen atoms in total. The van der Waals surface area contributed by atoms with E-state index in [1.54, 1.807) is 0 Å². The van der Waals surface area contributed by atoms with Crippen LogP contribution in [0.4, 0.5) is 4.39 Å². The van der Waals surface area contributed by atoms with Gasteiger partial charge in [-0.15, -0.1) is 0 Å². The molecule has 0 atom stereocenters. The van der Waals surface area contributed by atoms with Crippen LogP contribution in [0.25, 0.3) is 0 Å². The van der Waals surface area contributed by atoms with Crippen molar-refractivity contribution in [1.29, 1.82) is 0 Å². The first-order chi connectivity index (χ1) is 9.13. The van der Waals surface area contributed by atoms with Crippen LogP contribution in [0.1, 0.15) is 23.7 Å². The molecule has 1 amide bonds. The Labute approximate surface area is 112 Å². The SMILES string of the molecule is CCCN=C(N)NCCNC(=O)c1ccc(F)cc1. The molecule has 0 aliphatic carbocycles. The van der Waals surface area contributed by atoms with Crippen molar-refractivity contribution in [3.05, 3.63) is 35.6 Å². The fraction of sp³-hybridized carbons (Fsp3) is 0.385. The minimum Gasteiger partial charge on any atom is -0.370 e. The molecule has 6 heteroatoms. The maximum absolute atomic E-state index is 12.7. The number of halogens is 1. The third-order valence-electron chi connectivity index (χ3n) is 2.33. The van der Waals surface area contributed by atoms with Crippen LogP contribution in [0.3, 0.4) is 0 Å². The van der Waals surface area contributed by atoms with Gasteiger partial charge in [0, 0.05) is 25.2 Å². The van der Waals surface area contributed by atoms with E-state index >= 15 is 0 Å². The normalized spacial score (nSPS) is 11.2. The van der Waals surface area contributed by atoms with Crippen LogP contribution in [-0.4, -0.2) is 31.5 Å². The van der Waals surface area contributed by atoms with Gasteiger partial charge in [-0.2, -0.15) is 0 Å². The van der Waals surface area contributed by atoms with Gasteiger partial charge in [-0.1, -0.05) is 6.92 Å². The lowest BCUT2D eigenvalue weighted by atomic mass is 10.2. The fourth-order valence-electron chi connectivity index (χ4n) is 1.36. The summed E-state index contributed by atoms with van der Waals surface area (Å²) in [5.74, 6) is -0.234. The Morgan fingerprint density at radius 2 is 1.89 bits per heavy atom. The van der Waals surface area contributed by atoms with Gasteiger partial charge >= 0.3 is 0 Å². The molecule has 1 aromatic carbocycles. The van der Waals surface area contributed by atoms with E-state index < -0.39 is 0 Å². The van der Waals surface area contributed by atoms with Crippen LogP contribution in [0, 0.1) is 5.82 Å². The van der Waals surface area contributed by atoms with Gasteiger partial charge in [0.05, 0.1) is 0 Å². The number of carbonyl (C=O) groups excluding carboxylic acids is 1. The number of rotatable bonds is 6. The molecule has 0 heterocycles. The lowest BCUT2D eigenvalue weighted by Gasteiger charge is -2.07. The quantitative estimate of drug-likeness (QED) is 0.406. The molecular formula is C13H19FN4O. The zero-order valence-corrected chi connectivity index (χ0v) is 10.9. The Morgan fingerprint density at radius 3 is 2.53 bits per heavy atom. The Bertz CT molecular complexity index is 431. The van der Waals surface area contributed by atoms with Crippen LogP contribution in [0.5, 0.6) is 0 Å². The van der Waals surface area contributed by atoms with Crippen molar-refractivity contribution in [1.82, 2.24) is 10.6 Å². The summed E-state index contributed by atoms with van der Waals surface area (Å²) in [7, 11) is 0. The second-order valence-electron chi connectivity index (χ2n) is 3.96. The zero-order valence-electron chi connectivity index (χ0n) is 10.9. The van der Waals surface area contributed by atoms with Crippen molar-refractivity contribution in [2.75, 3.05) is 19.6 Å². The molecule has 4 N–H and O–H groups in total. The summed E-state index contributed by atoms with van der Waals surface area (Å²) < 4.78 is 12.7. The van der Waals surface area contributed by atoms with Gasteiger partial charge in [0.1, 0.15) is 5.82 Å². The van der Waals surface area contributed by atoms with Crippen LogP contribution in [-0.2, 0) is 0 Å². The number of carbonyl (C=O) groups is 1. The monoisotopic (exact) mass is 266 g/mol. The summed E-state index contributed by atoms with van der Waals surface area (Å²) in [6.45, 7) is 3.60. The topological polar surface area (TPSA) is 79.5 Å². The number of nitrogens with zero attached hydrogens (tertiary/aromatic N) is 1. The molecule has 0 radical (unpaired) electrons. The van der Waals surface area contributed by atoms with Gasteiger partial charge in [0.15, 0.2) is 5.96 Å².